The van der Waals surface area contributed by atoms with Crippen LogP contribution in [0.4, 0.5) is 4.39 Å². The lowest BCUT2D eigenvalue weighted by Crippen LogP contribution is -2.33. The SMILES string of the molecule is NC(=O)c1csc(CN(C(=O)c2ccccc2)[C@@H]2CCc3c(F)cc(Cl)cc32)n1. The molecule has 0 spiro atoms. The number of carbonyl (C=O) groups excluding carboxylic acids is 2. The molecular formula is C21H17ClFN3O2S. The Hall–Kier alpha value is -2.77. The summed E-state index contributed by atoms with van der Waals surface area (Å²) in [6.45, 7) is 0.184. The van der Waals surface area contributed by atoms with Gasteiger partial charge in [0.25, 0.3) is 11.8 Å². The summed E-state index contributed by atoms with van der Waals surface area (Å²) in [7, 11) is 0. The first-order chi connectivity index (χ1) is 13.9. The average molecular weight is 430 g/mol. The van der Waals surface area contributed by atoms with Gasteiger partial charge in [0, 0.05) is 16.0 Å². The standard InChI is InChI=1S/C21H17ClFN3O2S/c22-13-8-15-14(16(23)9-13)6-7-18(15)26(21(28)12-4-2-1-3-5-12)10-19-25-17(11-29-19)20(24)27/h1-5,8-9,11,18H,6-7,10H2,(H2,24,27)/t18-/m1/s1. The maximum atomic E-state index is 14.4. The number of nitrogens with zero attached hydrogens (tertiary/aromatic N) is 2. The Labute approximate surface area is 175 Å². The monoisotopic (exact) mass is 429 g/mol. The number of hydrogen-bond acceptors (Lipinski definition) is 4. The van der Waals surface area contributed by atoms with E-state index in [2.05, 4.69) is 4.98 Å². The van der Waals surface area contributed by atoms with E-state index in [0.717, 1.165) is 0 Å². The summed E-state index contributed by atoms with van der Waals surface area (Å²) in [5, 5.41) is 2.45. The van der Waals surface area contributed by atoms with Crippen molar-refractivity contribution < 1.29 is 14.0 Å². The third-order valence-electron chi connectivity index (χ3n) is 4.99. The number of primary amides is 1. The lowest BCUT2D eigenvalue weighted by molar-refractivity contribution is 0.0658. The molecule has 1 aromatic heterocycles. The Morgan fingerprint density at radius 3 is 2.72 bits per heavy atom. The van der Waals surface area contributed by atoms with Gasteiger partial charge in [-0.05, 0) is 48.2 Å². The molecule has 0 aliphatic heterocycles. The predicted molar refractivity (Wildman–Crippen MR) is 109 cm³/mol. The number of fused-ring (bicyclic) bond motifs is 1. The average Bonchev–Trinajstić information content (AvgIpc) is 3.33. The molecule has 29 heavy (non-hydrogen) atoms. The van der Waals surface area contributed by atoms with Gasteiger partial charge in [-0.1, -0.05) is 29.8 Å². The first-order valence-electron chi connectivity index (χ1n) is 9.02. The molecule has 3 aromatic rings. The molecule has 0 radical (unpaired) electrons. The number of carbonyl (C=O) groups is 2. The van der Waals surface area contributed by atoms with Crippen LogP contribution in [0.25, 0.3) is 0 Å². The van der Waals surface area contributed by atoms with Crippen LogP contribution in [0.3, 0.4) is 0 Å². The number of thiazole rings is 1. The van der Waals surface area contributed by atoms with E-state index in [4.69, 9.17) is 17.3 Å². The summed E-state index contributed by atoms with van der Waals surface area (Å²) in [5.41, 5.74) is 7.28. The zero-order valence-corrected chi connectivity index (χ0v) is 16.8. The van der Waals surface area contributed by atoms with E-state index in [0.29, 0.717) is 39.6 Å². The molecule has 0 unspecified atom stereocenters. The molecule has 0 saturated carbocycles. The quantitative estimate of drug-likeness (QED) is 0.654. The Kier molecular flexibility index (Phi) is 5.34. The molecule has 148 valence electrons. The zero-order valence-electron chi connectivity index (χ0n) is 15.3. The molecule has 0 saturated heterocycles. The van der Waals surface area contributed by atoms with E-state index in [9.17, 15) is 14.0 Å². The van der Waals surface area contributed by atoms with Crippen LogP contribution >= 0.6 is 22.9 Å². The molecule has 1 aliphatic rings. The van der Waals surface area contributed by atoms with Crippen molar-refractivity contribution in [1.29, 1.82) is 0 Å². The van der Waals surface area contributed by atoms with Gasteiger partial charge in [-0.3, -0.25) is 9.59 Å². The molecule has 4 rings (SSSR count). The summed E-state index contributed by atoms with van der Waals surface area (Å²) in [5.74, 6) is -1.17. The van der Waals surface area contributed by atoms with Crippen molar-refractivity contribution in [3.05, 3.63) is 86.1 Å². The van der Waals surface area contributed by atoms with Crippen LogP contribution in [-0.4, -0.2) is 21.7 Å². The minimum absolute atomic E-state index is 0.165. The fourth-order valence-corrected chi connectivity index (χ4v) is 4.65. The highest BCUT2D eigenvalue weighted by atomic mass is 35.5. The third-order valence-corrected chi connectivity index (χ3v) is 6.04. The highest BCUT2D eigenvalue weighted by Gasteiger charge is 2.34. The molecular weight excluding hydrogens is 413 g/mol. The van der Waals surface area contributed by atoms with Gasteiger partial charge in [0.2, 0.25) is 0 Å². The molecule has 1 aliphatic carbocycles. The van der Waals surface area contributed by atoms with Gasteiger partial charge in [0.1, 0.15) is 16.5 Å². The maximum Gasteiger partial charge on any atom is 0.268 e. The minimum atomic E-state index is -0.617. The molecule has 0 fully saturated rings. The van der Waals surface area contributed by atoms with Crippen LogP contribution in [0, 0.1) is 5.82 Å². The Morgan fingerprint density at radius 1 is 1.28 bits per heavy atom. The first-order valence-corrected chi connectivity index (χ1v) is 10.3. The van der Waals surface area contributed by atoms with Crippen molar-refractivity contribution in [2.24, 2.45) is 5.73 Å². The van der Waals surface area contributed by atoms with Gasteiger partial charge < -0.3 is 10.6 Å². The smallest absolute Gasteiger partial charge is 0.268 e. The summed E-state index contributed by atoms with van der Waals surface area (Å²) >= 11 is 7.35. The van der Waals surface area contributed by atoms with Crippen molar-refractivity contribution in [2.45, 2.75) is 25.4 Å². The van der Waals surface area contributed by atoms with Gasteiger partial charge >= 0.3 is 0 Å². The van der Waals surface area contributed by atoms with Gasteiger partial charge in [-0.15, -0.1) is 11.3 Å². The van der Waals surface area contributed by atoms with Crippen molar-refractivity contribution in [3.63, 3.8) is 0 Å². The number of hydrogen-bond donors (Lipinski definition) is 1. The molecule has 2 aromatic carbocycles. The van der Waals surface area contributed by atoms with E-state index in [1.807, 2.05) is 6.07 Å². The highest BCUT2D eigenvalue weighted by molar-refractivity contribution is 7.09. The molecule has 0 bridgehead atoms. The Morgan fingerprint density at radius 2 is 2.03 bits per heavy atom. The van der Waals surface area contributed by atoms with Crippen LogP contribution in [0.15, 0.2) is 47.8 Å². The molecule has 2 amide bonds. The largest absolute Gasteiger partial charge is 0.364 e. The molecule has 1 atom stereocenters. The number of nitrogens with two attached hydrogens (primary N) is 1. The van der Waals surface area contributed by atoms with E-state index >= 15 is 0 Å². The second-order valence-electron chi connectivity index (χ2n) is 6.80. The van der Waals surface area contributed by atoms with Crippen LogP contribution < -0.4 is 5.73 Å². The van der Waals surface area contributed by atoms with Crippen LogP contribution in [-0.2, 0) is 13.0 Å². The van der Waals surface area contributed by atoms with Crippen molar-refractivity contribution >= 4 is 34.8 Å². The first kappa shape index (κ1) is 19.5. The van der Waals surface area contributed by atoms with Crippen LogP contribution in [0.2, 0.25) is 5.02 Å². The van der Waals surface area contributed by atoms with Gasteiger partial charge in [0.15, 0.2) is 0 Å². The van der Waals surface area contributed by atoms with E-state index in [-0.39, 0.29) is 30.0 Å². The topological polar surface area (TPSA) is 76.3 Å². The fourth-order valence-electron chi connectivity index (χ4n) is 3.66. The van der Waals surface area contributed by atoms with Gasteiger partial charge in [0.05, 0.1) is 12.6 Å². The summed E-state index contributed by atoms with van der Waals surface area (Å²) < 4.78 is 14.4. The second-order valence-corrected chi connectivity index (χ2v) is 8.18. The maximum absolute atomic E-state index is 14.4. The lowest BCUT2D eigenvalue weighted by Gasteiger charge is -2.29. The van der Waals surface area contributed by atoms with Crippen LogP contribution in [0.5, 0.6) is 0 Å². The van der Waals surface area contributed by atoms with Gasteiger partial charge in [-0.25, -0.2) is 9.37 Å². The van der Waals surface area contributed by atoms with E-state index < -0.39 is 5.91 Å². The highest BCUT2D eigenvalue weighted by Crippen LogP contribution is 2.40. The third kappa shape index (κ3) is 3.88. The van der Waals surface area contributed by atoms with Crippen molar-refractivity contribution in [1.82, 2.24) is 9.88 Å². The zero-order chi connectivity index (χ0) is 20.5. The van der Waals surface area contributed by atoms with Crippen molar-refractivity contribution in [2.75, 3.05) is 0 Å². The van der Waals surface area contributed by atoms with E-state index in [1.165, 1.54) is 17.4 Å². The molecule has 1 heterocycles. The fraction of sp³-hybridized carbons (Fsp3) is 0.190. The predicted octanol–water partition coefficient (Wildman–Crippen LogP) is 4.36. The Bertz CT molecular complexity index is 1090. The second kappa shape index (κ2) is 7.93. The Balaban J connectivity index is 1.73. The molecule has 5 nitrogen and oxygen atoms in total. The normalized spacial score (nSPS) is 15.2. The van der Waals surface area contributed by atoms with E-state index in [1.54, 1.807) is 40.6 Å². The molecule has 2 N–H and O–H groups in total. The van der Waals surface area contributed by atoms with Crippen LogP contribution in [0.1, 0.15) is 49.4 Å². The number of halogens is 2. The number of benzene rings is 2. The number of rotatable bonds is 5. The van der Waals surface area contributed by atoms with Crippen molar-refractivity contribution in [3.8, 4) is 0 Å². The number of amides is 2. The summed E-state index contributed by atoms with van der Waals surface area (Å²) in [6, 6.07) is 11.6. The minimum Gasteiger partial charge on any atom is -0.364 e. The number of aromatic nitrogens is 1. The lowest BCUT2D eigenvalue weighted by atomic mass is 10.0. The summed E-state index contributed by atoms with van der Waals surface area (Å²) in [4.78, 5) is 30.6. The van der Waals surface area contributed by atoms with Gasteiger partial charge in [-0.2, -0.15) is 0 Å². The summed E-state index contributed by atoms with van der Waals surface area (Å²) in [6.07, 6.45) is 1.10. The molecule has 8 heteroatoms.